The monoisotopic (exact) mass is 329 g/mol. The van der Waals surface area contributed by atoms with E-state index in [0.29, 0.717) is 26.2 Å². The van der Waals surface area contributed by atoms with Crippen molar-refractivity contribution >= 4 is 17.2 Å². The van der Waals surface area contributed by atoms with Crippen molar-refractivity contribution in [3.05, 3.63) is 58.0 Å². The molecule has 1 aromatic carbocycles. The molecule has 0 N–H and O–H groups in total. The van der Waals surface area contributed by atoms with Gasteiger partial charge in [0.25, 0.3) is 5.91 Å². The van der Waals surface area contributed by atoms with E-state index in [1.807, 2.05) is 26.6 Å². The van der Waals surface area contributed by atoms with Crippen LogP contribution in [0.2, 0.25) is 0 Å². The number of amides is 1. The van der Waals surface area contributed by atoms with Gasteiger partial charge in [-0.2, -0.15) is 16.6 Å². The minimum atomic E-state index is -0.408. The number of thiophene rings is 1. The van der Waals surface area contributed by atoms with Gasteiger partial charge < -0.3 is 4.90 Å². The molecule has 1 saturated heterocycles. The summed E-state index contributed by atoms with van der Waals surface area (Å²) in [5, 5.41) is 13.2. The molecule has 6 heteroatoms. The summed E-state index contributed by atoms with van der Waals surface area (Å²) in [5.74, 6) is -0.266. The van der Waals surface area contributed by atoms with Crippen LogP contribution >= 0.6 is 11.3 Å². The molecule has 1 unspecified atom stereocenters. The van der Waals surface area contributed by atoms with Gasteiger partial charge in [-0.15, -0.1) is 0 Å². The zero-order valence-corrected chi connectivity index (χ0v) is 13.3. The first kappa shape index (κ1) is 15.7. The van der Waals surface area contributed by atoms with Crippen LogP contribution < -0.4 is 0 Å². The fraction of sp³-hybridized carbons (Fsp3) is 0.294. The van der Waals surface area contributed by atoms with Crippen LogP contribution in [0.4, 0.5) is 4.39 Å². The van der Waals surface area contributed by atoms with Crippen molar-refractivity contribution in [2.45, 2.75) is 6.04 Å². The summed E-state index contributed by atoms with van der Waals surface area (Å²) < 4.78 is 13.0. The summed E-state index contributed by atoms with van der Waals surface area (Å²) in [6.07, 6.45) is 0. The second kappa shape index (κ2) is 6.90. The Bertz CT molecular complexity index is 700. The lowest BCUT2D eigenvalue weighted by Crippen LogP contribution is -2.49. The first-order valence-corrected chi connectivity index (χ1v) is 8.34. The number of carbonyl (C=O) groups excluding carboxylic acids is 1. The maximum atomic E-state index is 13.0. The second-order valence-corrected chi connectivity index (χ2v) is 6.20. The maximum Gasteiger partial charge on any atom is 0.254 e. The number of nitrogens with zero attached hydrogens (tertiary/aromatic N) is 3. The van der Waals surface area contributed by atoms with E-state index in [9.17, 15) is 14.4 Å². The van der Waals surface area contributed by atoms with Crippen LogP contribution in [0.5, 0.6) is 0 Å². The van der Waals surface area contributed by atoms with Crippen molar-refractivity contribution in [3.63, 3.8) is 0 Å². The van der Waals surface area contributed by atoms with Crippen LogP contribution in [0.3, 0.4) is 0 Å². The second-order valence-electron chi connectivity index (χ2n) is 5.42. The maximum absolute atomic E-state index is 13.0. The highest BCUT2D eigenvalue weighted by Crippen LogP contribution is 2.22. The van der Waals surface area contributed by atoms with Gasteiger partial charge in [-0.1, -0.05) is 12.1 Å². The third kappa shape index (κ3) is 3.41. The van der Waals surface area contributed by atoms with Gasteiger partial charge in [0.15, 0.2) is 0 Å². The molecule has 0 spiro atoms. The Balaban J connectivity index is 1.64. The quantitative estimate of drug-likeness (QED) is 0.870. The third-order valence-electron chi connectivity index (χ3n) is 4.04. The van der Waals surface area contributed by atoms with Crippen molar-refractivity contribution in [1.82, 2.24) is 9.80 Å². The molecular formula is C17H16FN3OS. The van der Waals surface area contributed by atoms with Gasteiger partial charge in [0, 0.05) is 31.6 Å². The van der Waals surface area contributed by atoms with Crippen LogP contribution in [0, 0.1) is 17.1 Å². The first-order chi connectivity index (χ1) is 11.2. The minimum absolute atomic E-state index is 0.0428. The minimum Gasteiger partial charge on any atom is -0.336 e. The van der Waals surface area contributed by atoms with Crippen molar-refractivity contribution in [3.8, 4) is 6.07 Å². The molecule has 23 heavy (non-hydrogen) atoms. The predicted molar refractivity (Wildman–Crippen MR) is 86.5 cm³/mol. The molecule has 1 aliphatic heterocycles. The van der Waals surface area contributed by atoms with Crippen LogP contribution in [0.1, 0.15) is 22.0 Å². The highest BCUT2D eigenvalue weighted by Gasteiger charge is 2.27. The zero-order chi connectivity index (χ0) is 16.2. The Hall–Kier alpha value is -2.23. The van der Waals surface area contributed by atoms with E-state index in [4.69, 9.17) is 0 Å². The summed E-state index contributed by atoms with van der Waals surface area (Å²) in [6, 6.07) is 9.73. The van der Waals surface area contributed by atoms with E-state index < -0.39 is 6.04 Å². The van der Waals surface area contributed by atoms with E-state index in [1.54, 1.807) is 12.1 Å². The fourth-order valence-corrected chi connectivity index (χ4v) is 3.39. The Kier molecular flexibility index (Phi) is 4.70. The first-order valence-electron chi connectivity index (χ1n) is 7.39. The van der Waals surface area contributed by atoms with Crippen molar-refractivity contribution in [1.29, 1.82) is 5.26 Å². The molecule has 0 bridgehead atoms. The van der Waals surface area contributed by atoms with E-state index in [1.165, 1.54) is 23.5 Å². The van der Waals surface area contributed by atoms with Crippen LogP contribution in [-0.4, -0.2) is 41.9 Å². The van der Waals surface area contributed by atoms with E-state index in [0.717, 1.165) is 11.1 Å². The van der Waals surface area contributed by atoms with Crippen molar-refractivity contribution < 1.29 is 9.18 Å². The fourth-order valence-electron chi connectivity index (χ4n) is 2.76. The number of halogens is 1. The number of benzene rings is 1. The lowest BCUT2D eigenvalue weighted by atomic mass is 10.1. The largest absolute Gasteiger partial charge is 0.336 e. The Morgan fingerprint density at radius 3 is 2.43 bits per heavy atom. The third-order valence-corrected chi connectivity index (χ3v) is 4.73. The average Bonchev–Trinajstić information content (AvgIpc) is 3.12. The van der Waals surface area contributed by atoms with Crippen molar-refractivity contribution in [2.75, 3.05) is 26.2 Å². The predicted octanol–water partition coefficient (Wildman–Crippen LogP) is 2.91. The molecule has 1 fully saturated rings. The van der Waals surface area contributed by atoms with E-state index in [-0.39, 0.29) is 11.7 Å². The van der Waals surface area contributed by atoms with E-state index >= 15 is 0 Å². The lowest BCUT2D eigenvalue weighted by Gasteiger charge is -2.37. The molecule has 118 valence electrons. The zero-order valence-electron chi connectivity index (χ0n) is 12.5. The molecule has 3 rings (SSSR count). The number of hydrogen-bond donors (Lipinski definition) is 0. The number of carbonyl (C=O) groups is 1. The highest BCUT2D eigenvalue weighted by molar-refractivity contribution is 7.08. The van der Waals surface area contributed by atoms with Gasteiger partial charge in [-0.3, -0.25) is 9.69 Å². The van der Waals surface area contributed by atoms with E-state index in [2.05, 4.69) is 6.07 Å². The van der Waals surface area contributed by atoms with Gasteiger partial charge in [0.2, 0.25) is 0 Å². The van der Waals surface area contributed by atoms with Gasteiger partial charge in [0.05, 0.1) is 11.6 Å². The summed E-state index contributed by atoms with van der Waals surface area (Å²) in [5.41, 5.74) is 1.50. The number of nitriles is 1. The van der Waals surface area contributed by atoms with Gasteiger partial charge >= 0.3 is 0 Å². The summed E-state index contributed by atoms with van der Waals surface area (Å²) in [6.45, 7) is 2.44. The molecular weight excluding hydrogens is 313 g/mol. The molecule has 1 atom stereocenters. The van der Waals surface area contributed by atoms with Crippen molar-refractivity contribution in [2.24, 2.45) is 0 Å². The summed E-state index contributed by atoms with van der Waals surface area (Å²) in [4.78, 5) is 16.2. The molecule has 2 heterocycles. The molecule has 0 saturated carbocycles. The smallest absolute Gasteiger partial charge is 0.254 e. The molecule has 1 aliphatic rings. The number of rotatable bonds is 3. The highest BCUT2D eigenvalue weighted by atomic mass is 32.1. The molecule has 0 aliphatic carbocycles. The molecule has 1 aromatic heterocycles. The molecule has 4 nitrogen and oxygen atoms in total. The molecule has 1 amide bonds. The van der Waals surface area contributed by atoms with Crippen LogP contribution in [-0.2, 0) is 0 Å². The standard InChI is InChI=1S/C17H16FN3OS/c18-15-3-1-13(2-4-15)16(11-19)20-6-8-21(9-7-20)17(22)14-5-10-23-12-14/h1-5,10,12,16H,6-9H2. The van der Waals surface area contributed by atoms with Gasteiger partial charge in [0.1, 0.15) is 11.9 Å². The lowest BCUT2D eigenvalue weighted by molar-refractivity contribution is 0.0607. The van der Waals surface area contributed by atoms with Gasteiger partial charge in [-0.25, -0.2) is 4.39 Å². The molecule has 2 aromatic rings. The Morgan fingerprint density at radius 1 is 1.17 bits per heavy atom. The van der Waals surface area contributed by atoms with Gasteiger partial charge in [-0.05, 0) is 29.1 Å². The summed E-state index contributed by atoms with van der Waals surface area (Å²) in [7, 11) is 0. The van der Waals surface area contributed by atoms with Crippen LogP contribution in [0.25, 0.3) is 0 Å². The van der Waals surface area contributed by atoms with Crippen LogP contribution in [0.15, 0.2) is 41.1 Å². The summed E-state index contributed by atoms with van der Waals surface area (Å²) >= 11 is 1.51. The Labute approximate surface area is 138 Å². The Morgan fingerprint density at radius 2 is 1.87 bits per heavy atom. The normalized spacial score (nSPS) is 16.8. The topological polar surface area (TPSA) is 47.3 Å². The SMILES string of the molecule is N#CC(c1ccc(F)cc1)N1CCN(C(=O)c2ccsc2)CC1. The number of piperazine rings is 1. The number of hydrogen-bond acceptors (Lipinski definition) is 4. The molecule has 0 radical (unpaired) electrons. The average molecular weight is 329 g/mol.